The fourth-order valence-corrected chi connectivity index (χ4v) is 3.32. The maximum Gasteiger partial charge on any atom is 0.203 e. The lowest BCUT2D eigenvalue weighted by Crippen LogP contribution is -2.45. The van der Waals surface area contributed by atoms with Crippen molar-refractivity contribution in [3.63, 3.8) is 0 Å². The molecule has 0 spiro atoms. The summed E-state index contributed by atoms with van der Waals surface area (Å²) in [6.45, 7) is 8.04. The molecule has 0 aromatic carbocycles. The molecule has 2 fully saturated rings. The summed E-state index contributed by atoms with van der Waals surface area (Å²) in [5, 5.41) is 12.3. The van der Waals surface area contributed by atoms with Crippen LogP contribution in [-0.2, 0) is 0 Å². The number of nitrogens with zero attached hydrogens (tertiary/aromatic N) is 6. The van der Waals surface area contributed by atoms with Gasteiger partial charge < -0.3 is 15.1 Å². The van der Waals surface area contributed by atoms with Crippen molar-refractivity contribution >= 4 is 11.5 Å². The zero-order valence-corrected chi connectivity index (χ0v) is 14.6. The number of fused-ring (bicyclic) bond motifs is 1. The molecular weight excluding hydrogens is 302 g/mol. The van der Waals surface area contributed by atoms with Crippen LogP contribution in [-0.4, -0.2) is 75.2 Å². The number of anilines is 1. The third-order valence-electron chi connectivity index (χ3n) is 5.15. The van der Waals surface area contributed by atoms with E-state index in [9.17, 15) is 0 Å². The molecule has 1 N–H and O–H groups in total. The first kappa shape index (κ1) is 15.8. The molecule has 4 rings (SSSR count). The number of likely N-dealkylation sites (N-methyl/N-ethyl adjacent to an activating group) is 1. The smallest absolute Gasteiger partial charge is 0.203 e. The molecule has 0 amide bonds. The Bertz CT molecular complexity index is 685. The summed E-state index contributed by atoms with van der Waals surface area (Å²) >= 11 is 0. The lowest BCUT2D eigenvalue weighted by atomic mass is 10.2. The van der Waals surface area contributed by atoms with Crippen LogP contribution in [0, 0.1) is 0 Å². The van der Waals surface area contributed by atoms with Crippen molar-refractivity contribution in [1.82, 2.24) is 29.4 Å². The van der Waals surface area contributed by atoms with Gasteiger partial charge in [0.05, 0.1) is 0 Å². The van der Waals surface area contributed by atoms with Gasteiger partial charge in [0.25, 0.3) is 0 Å². The summed E-state index contributed by atoms with van der Waals surface area (Å²) in [6.07, 6.45) is 7.39. The summed E-state index contributed by atoms with van der Waals surface area (Å²) in [5.41, 5.74) is 0.853. The molecule has 0 radical (unpaired) electrons. The Morgan fingerprint density at radius 1 is 1.21 bits per heavy atom. The van der Waals surface area contributed by atoms with E-state index >= 15 is 0 Å². The van der Waals surface area contributed by atoms with E-state index in [1.54, 1.807) is 0 Å². The summed E-state index contributed by atoms with van der Waals surface area (Å²) in [5.74, 6) is 2.52. The van der Waals surface area contributed by atoms with Crippen LogP contribution in [0.2, 0.25) is 0 Å². The van der Waals surface area contributed by atoms with Crippen LogP contribution in [0.5, 0.6) is 0 Å². The maximum atomic E-state index is 4.49. The molecule has 1 aliphatic carbocycles. The van der Waals surface area contributed by atoms with Crippen LogP contribution >= 0.6 is 0 Å². The van der Waals surface area contributed by atoms with E-state index in [0.29, 0.717) is 12.0 Å². The molecule has 1 aliphatic heterocycles. The topological polar surface area (TPSA) is 61.6 Å². The standard InChI is InChI=1S/C17H27N7/c1-13(5-7-23-11-9-22(2)10-12-23)19-15-17-21-20-16(14-3-4-14)24(17)8-6-18-15/h6,8,13-14H,3-5,7,9-12H2,1-2H3,(H,18,19). The SMILES string of the molecule is CC(CCN1CCN(C)CC1)Nc1nccn2c(C3CC3)nnc12. The van der Waals surface area contributed by atoms with Crippen LogP contribution in [0.3, 0.4) is 0 Å². The van der Waals surface area contributed by atoms with E-state index in [4.69, 9.17) is 0 Å². The highest BCUT2D eigenvalue weighted by Gasteiger charge is 2.29. The summed E-state index contributed by atoms with van der Waals surface area (Å²) in [7, 11) is 2.20. The first-order chi connectivity index (χ1) is 11.7. The second-order valence-corrected chi connectivity index (χ2v) is 7.28. The van der Waals surface area contributed by atoms with Gasteiger partial charge in [0.2, 0.25) is 5.65 Å². The van der Waals surface area contributed by atoms with Gasteiger partial charge in [-0.1, -0.05) is 0 Å². The molecule has 1 saturated heterocycles. The highest BCUT2D eigenvalue weighted by atomic mass is 15.3. The molecule has 2 aromatic rings. The first-order valence-electron chi connectivity index (χ1n) is 9.08. The number of piperazine rings is 1. The van der Waals surface area contributed by atoms with Gasteiger partial charge >= 0.3 is 0 Å². The fourth-order valence-electron chi connectivity index (χ4n) is 3.32. The summed E-state index contributed by atoms with van der Waals surface area (Å²) in [6, 6.07) is 0.365. The third-order valence-corrected chi connectivity index (χ3v) is 5.15. The first-order valence-corrected chi connectivity index (χ1v) is 9.08. The molecular formula is C17H27N7. The third kappa shape index (κ3) is 3.37. The molecule has 0 bridgehead atoms. The van der Waals surface area contributed by atoms with Crippen molar-refractivity contribution in [2.45, 2.75) is 38.1 Å². The second-order valence-electron chi connectivity index (χ2n) is 7.28. The van der Waals surface area contributed by atoms with Crippen LogP contribution in [0.15, 0.2) is 12.4 Å². The minimum absolute atomic E-state index is 0.365. The average Bonchev–Trinajstić information content (AvgIpc) is 3.34. The van der Waals surface area contributed by atoms with Crippen LogP contribution in [0.4, 0.5) is 5.82 Å². The van der Waals surface area contributed by atoms with Crippen LogP contribution in [0.25, 0.3) is 5.65 Å². The Morgan fingerprint density at radius 3 is 2.75 bits per heavy atom. The number of aromatic nitrogens is 4. The van der Waals surface area contributed by atoms with E-state index in [1.165, 1.54) is 39.0 Å². The predicted molar refractivity (Wildman–Crippen MR) is 94.4 cm³/mol. The van der Waals surface area contributed by atoms with E-state index in [1.807, 2.05) is 12.4 Å². The van der Waals surface area contributed by atoms with Crippen molar-refractivity contribution < 1.29 is 0 Å². The normalized spacial score (nSPS) is 21.2. The number of nitrogens with one attached hydrogen (secondary N) is 1. The monoisotopic (exact) mass is 329 g/mol. The highest BCUT2D eigenvalue weighted by molar-refractivity contribution is 5.62. The van der Waals surface area contributed by atoms with Gasteiger partial charge in [-0.25, -0.2) is 4.98 Å². The summed E-state index contributed by atoms with van der Waals surface area (Å²) in [4.78, 5) is 9.43. The van der Waals surface area contributed by atoms with E-state index < -0.39 is 0 Å². The summed E-state index contributed by atoms with van der Waals surface area (Å²) < 4.78 is 2.10. The largest absolute Gasteiger partial charge is 0.364 e. The van der Waals surface area contributed by atoms with Gasteiger partial charge in [0.1, 0.15) is 5.82 Å². The van der Waals surface area contributed by atoms with Crippen molar-refractivity contribution in [2.24, 2.45) is 0 Å². The Kier molecular flexibility index (Phi) is 4.37. The number of hydrogen-bond donors (Lipinski definition) is 1. The molecule has 1 unspecified atom stereocenters. The molecule has 130 valence electrons. The van der Waals surface area contributed by atoms with Crippen molar-refractivity contribution in [2.75, 3.05) is 45.1 Å². The predicted octanol–water partition coefficient (Wildman–Crippen LogP) is 1.44. The Balaban J connectivity index is 1.37. The minimum atomic E-state index is 0.365. The van der Waals surface area contributed by atoms with Crippen molar-refractivity contribution in [1.29, 1.82) is 0 Å². The Hall–Kier alpha value is -1.73. The van der Waals surface area contributed by atoms with Gasteiger partial charge in [-0.3, -0.25) is 4.40 Å². The zero-order valence-electron chi connectivity index (χ0n) is 14.6. The van der Waals surface area contributed by atoms with Gasteiger partial charge in [0, 0.05) is 57.1 Å². The van der Waals surface area contributed by atoms with Crippen molar-refractivity contribution in [3.05, 3.63) is 18.2 Å². The van der Waals surface area contributed by atoms with Gasteiger partial charge in [-0.15, -0.1) is 10.2 Å². The van der Waals surface area contributed by atoms with E-state index in [2.05, 4.69) is 48.7 Å². The molecule has 7 heteroatoms. The number of rotatable bonds is 6. The van der Waals surface area contributed by atoms with E-state index in [0.717, 1.165) is 30.3 Å². The molecule has 1 atom stereocenters. The Labute approximate surface area is 143 Å². The van der Waals surface area contributed by atoms with Gasteiger partial charge in [-0.05, 0) is 33.2 Å². The molecule has 24 heavy (non-hydrogen) atoms. The molecule has 2 aromatic heterocycles. The van der Waals surface area contributed by atoms with Gasteiger partial charge in [0.15, 0.2) is 5.82 Å². The van der Waals surface area contributed by atoms with Gasteiger partial charge in [-0.2, -0.15) is 0 Å². The fraction of sp³-hybridized carbons (Fsp3) is 0.706. The van der Waals surface area contributed by atoms with Crippen LogP contribution in [0.1, 0.15) is 37.9 Å². The lowest BCUT2D eigenvalue weighted by molar-refractivity contribution is 0.151. The Morgan fingerprint density at radius 2 is 2.00 bits per heavy atom. The van der Waals surface area contributed by atoms with Crippen LogP contribution < -0.4 is 5.32 Å². The molecule has 7 nitrogen and oxygen atoms in total. The highest BCUT2D eigenvalue weighted by Crippen LogP contribution is 2.39. The zero-order chi connectivity index (χ0) is 16.5. The molecule has 3 heterocycles. The van der Waals surface area contributed by atoms with E-state index in [-0.39, 0.29) is 0 Å². The van der Waals surface area contributed by atoms with Crippen molar-refractivity contribution in [3.8, 4) is 0 Å². The average molecular weight is 329 g/mol. The second kappa shape index (κ2) is 6.64. The molecule has 1 saturated carbocycles. The minimum Gasteiger partial charge on any atom is -0.364 e. The quantitative estimate of drug-likeness (QED) is 0.865. The number of hydrogen-bond acceptors (Lipinski definition) is 6. The lowest BCUT2D eigenvalue weighted by Gasteiger charge is -2.33. The maximum absolute atomic E-state index is 4.49. The molecule has 2 aliphatic rings.